The van der Waals surface area contributed by atoms with Gasteiger partial charge in [-0.15, -0.1) is 44.6 Å². The standard InChI is InChI=1S/C20H55N14O3/c1-11-17(7,31(10,21)22)35-32(23,24)19(13-3,14-4)20(15-5,16-6)37-33(25,30-29-9)18(8,12-2)36-34(26,27)28/h9,12,30H,2,11,13-16,21-28H2,1,3-8,10H3/q+5. The summed E-state index contributed by atoms with van der Waals surface area (Å²) in [6.07, 6.45) is 3.09. The van der Waals surface area contributed by atoms with Crippen molar-refractivity contribution in [1.82, 2.24) is 5.53 Å². The third-order valence-corrected chi connectivity index (χ3v) is 7.76. The molecule has 0 aliphatic heterocycles. The van der Waals surface area contributed by atoms with Gasteiger partial charge in [-0.25, -0.2) is 0 Å². The summed E-state index contributed by atoms with van der Waals surface area (Å²) in [7, 11) is 1.57. The largest absolute Gasteiger partial charge is 0.353 e. The summed E-state index contributed by atoms with van der Waals surface area (Å²) < 4.78 is -0.552. The van der Waals surface area contributed by atoms with Crippen LogP contribution in [0.4, 0.5) is 0 Å². The van der Waals surface area contributed by atoms with Crippen molar-refractivity contribution in [2.24, 2.45) is 46.7 Å². The van der Waals surface area contributed by atoms with Gasteiger partial charge in [-0.2, -0.15) is 11.7 Å². The van der Waals surface area contributed by atoms with Gasteiger partial charge in [0, 0.05) is 44.2 Å². The van der Waals surface area contributed by atoms with E-state index in [1.807, 2.05) is 34.6 Å². The molecule has 0 fully saturated rings. The van der Waals surface area contributed by atoms with Gasteiger partial charge in [-0.05, 0) is 17.7 Å². The molecule has 0 rings (SSSR count). The Bertz CT molecular complexity index is 800. The van der Waals surface area contributed by atoms with Crippen LogP contribution in [0.3, 0.4) is 0 Å². The fourth-order valence-electron chi connectivity index (χ4n) is 4.86. The molecule has 37 heavy (non-hydrogen) atoms. The molecule has 0 aromatic heterocycles. The number of hydrogen-bond donors (Lipinski definition) is 9. The van der Waals surface area contributed by atoms with E-state index in [2.05, 4.69) is 17.1 Å². The molecule has 0 saturated carbocycles. The lowest BCUT2D eigenvalue weighted by Crippen LogP contribution is -2.87. The summed E-state index contributed by atoms with van der Waals surface area (Å²) in [5.74, 6) is 49.8. The van der Waals surface area contributed by atoms with Crippen molar-refractivity contribution in [1.29, 1.82) is 0 Å². The highest BCUT2D eigenvalue weighted by atomic mass is 16.9. The van der Waals surface area contributed by atoms with E-state index < -0.39 is 42.0 Å². The predicted molar refractivity (Wildman–Crippen MR) is 139 cm³/mol. The second kappa shape index (κ2) is 11.7. The molecular formula is C20H55N14O3+5. The first-order valence-corrected chi connectivity index (χ1v) is 12.3. The van der Waals surface area contributed by atoms with Gasteiger partial charge in [0.2, 0.25) is 5.54 Å². The number of nitrogens with two attached hydrogens (primary N) is 8. The lowest BCUT2D eigenvalue weighted by Gasteiger charge is -2.54. The van der Waals surface area contributed by atoms with Gasteiger partial charge >= 0.3 is 12.3 Å². The molecule has 17 nitrogen and oxygen atoms in total. The van der Waals surface area contributed by atoms with Crippen molar-refractivity contribution >= 4 is 0 Å². The minimum atomic E-state index is -1.76. The Morgan fingerprint density at radius 3 is 1.54 bits per heavy atom. The van der Waals surface area contributed by atoms with E-state index in [0.29, 0.717) is 32.1 Å². The molecule has 0 aromatic rings. The van der Waals surface area contributed by atoms with Crippen LogP contribution in [-0.2, 0) is 14.5 Å². The first kappa shape index (κ1) is 35.4. The zero-order chi connectivity index (χ0) is 29.8. The Labute approximate surface area is 221 Å². The highest BCUT2D eigenvalue weighted by Gasteiger charge is 2.71. The Kier molecular flexibility index (Phi) is 11.2. The Morgan fingerprint density at radius 2 is 1.27 bits per heavy atom. The Balaban J connectivity index is 7.26. The first-order valence-electron chi connectivity index (χ1n) is 12.3. The van der Waals surface area contributed by atoms with Crippen molar-refractivity contribution in [3.63, 3.8) is 0 Å². The van der Waals surface area contributed by atoms with Crippen LogP contribution in [0.15, 0.2) is 12.7 Å². The molecular weight excluding hydrogens is 484 g/mol. The van der Waals surface area contributed by atoms with Gasteiger partial charge in [-0.3, -0.25) is 0 Å². The van der Waals surface area contributed by atoms with Gasteiger partial charge in [0.1, 0.15) is 17.5 Å². The molecule has 0 aromatic carbocycles. The monoisotopic (exact) mass is 539 g/mol. The second-order valence-electron chi connectivity index (χ2n) is 10.0. The van der Waals surface area contributed by atoms with Crippen molar-refractivity contribution in [3.05, 3.63) is 17.6 Å². The smallest absolute Gasteiger partial charge is 0.159 e. The van der Waals surface area contributed by atoms with Gasteiger partial charge in [0.05, 0.1) is 4.86 Å². The van der Waals surface area contributed by atoms with E-state index in [4.69, 9.17) is 67.8 Å². The van der Waals surface area contributed by atoms with E-state index in [1.54, 1.807) is 14.0 Å². The van der Waals surface area contributed by atoms with Crippen LogP contribution >= 0.6 is 0 Å². The molecule has 0 aliphatic rings. The van der Waals surface area contributed by atoms with Crippen LogP contribution in [-0.4, -0.2) is 49.0 Å². The van der Waals surface area contributed by atoms with E-state index in [-0.39, 0.29) is 0 Å². The minimum absolute atomic E-state index is 0.341. The third kappa shape index (κ3) is 6.54. The van der Waals surface area contributed by atoms with Crippen molar-refractivity contribution in [2.75, 3.05) is 7.05 Å². The molecule has 0 heterocycles. The molecule has 0 spiro atoms. The van der Waals surface area contributed by atoms with Crippen LogP contribution < -0.4 is 52.3 Å². The predicted octanol–water partition coefficient (Wildman–Crippen LogP) is -0.804. The molecule has 0 bridgehead atoms. The van der Waals surface area contributed by atoms with Crippen LogP contribution in [0.2, 0.25) is 0 Å². The highest BCUT2D eigenvalue weighted by Crippen LogP contribution is 2.47. The quantitative estimate of drug-likeness (QED) is 0.0362. The summed E-state index contributed by atoms with van der Waals surface area (Å²) in [5, 5.41) is 0. The zero-order valence-electron chi connectivity index (χ0n) is 24.0. The third-order valence-electron chi connectivity index (χ3n) is 7.76. The van der Waals surface area contributed by atoms with Crippen molar-refractivity contribution < 1.29 is 33.9 Å². The lowest BCUT2D eigenvalue weighted by molar-refractivity contribution is -1.27. The molecule has 0 amide bonds. The topological polar surface area (TPSA) is 252 Å². The Morgan fingerprint density at radius 1 is 0.811 bits per heavy atom. The van der Waals surface area contributed by atoms with E-state index in [0.717, 1.165) is 0 Å². The molecule has 0 radical (unpaired) electrons. The average molecular weight is 540 g/mol. The van der Waals surface area contributed by atoms with E-state index >= 15 is 0 Å². The van der Waals surface area contributed by atoms with Gasteiger partial charge in [0.25, 0.3) is 5.72 Å². The maximum Gasteiger partial charge on any atom is 0.353 e. The Hall–Kier alpha value is -1.57. The van der Waals surface area contributed by atoms with Gasteiger partial charge < -0.3 is 0 Å². The first-order chi connectivity index (χ1) is 16.5. The molecule has 17 N–H and O–H groups in total. The van der Waals surface area contributed by atoms with Crippen LogP contribution in [0.1, 0.15) is 80.6 Å². The number of hydroxylamine groups is 2. The maximum absolute atomic E-state index is 6.81. The van der Waals surface area contributed by atoms with Gasteiger partial charge in [0.15, 0.2) is 5.60 Å². The summed E-state index contributed by atoms with van der Waals surface area (Å²) in [5.41, 5.74) is -2.85. The molecule has 218 valence electrons. The number of quaternary nitrogens is 4. The zero-order valence-corrected chi connectivity index (χ0v) is 24.0. The van der Waals surface area contributed by atoms with Crippen molar-refractivity contribution in [2.45, 2.75) is 103 Å². The SMILES string of the molecule is C#[N+]N[N+](N)(OC(CC)(CC)C(CC)(CC)[N+](N)(N)OC(C)(CC)[N+](C)(N)N)C(C)(C=C)O[N+](N)(N)N. The molecule has 3 unspecified atom stereocenters. The highest BCUT2D eigenvalue weighted by molar-refractivity contribution is 4.99. The number of hydrogen-bond acceptors (Lipinski definition) is 12. The summed E-state index contributed by atoms with van der Waals surface area (Å²) in [4.78, 5) is 18.6. The number of rotatable bonds is 17. The molecule has 0 aliphatic carbocycles. The van der Waals surface area contributed by atoms with Crippen LogP contribution in [0.25, 0.3) is 4.95 Å². The number of nitrogens with one attached hydrogen (secondary N) is 1. The second-order valence-corrected chi connectivity index (χ2v) is 10.0. The average Bonchev–Trinajstić information content (AvgIpc) is 2.76. The normalized spacial score (nSPS) is 18.8. The lowest BCUT2D eigenvalue weighted by atomic mass is 9.72. The summed E-state index contributed by atoms with van der Waals surface area (Å²) in [6.45, 7) is 21.9. The fraction of sp³-hybridized carbons (Fsp3) is 0.850. The number of nitrogens with zero attached hydrogens (tertiary/aromatic N) is 5. The van der Waals surface area contributed by atoms with Crippen molar-refractivity contribution in [3.8, 4) is 6.57 Å². The summed E-state index contributed by atoms with van der Waals surface area (Å²) in [6, 6.07) is 0. The summed E-state index contributed by atoms with van der Waals surface area (Å²) >= 11 is 0. The van der Waals surface area contributed by atoms with Crippen LogP contribution in [0, 0.1) is 6.57 Å². The molecule has 17 heteroatoms. The minimum Gasteiger partial charge on any atom is -0.159 e. The molecule has 3 atom stereocenters. The van der Waals surface area contributed by atoms with E-state index in [9.17, 15) is 0 Å². The van der Waals surface area contributed by atoms with Gasteiger partial charge in [-0.1, -0.05) is 50.9 Å². The van der Waals surface area contributed by atoms with E-state index in [1.165, 1.54) is 13.0 Å². The fourth-order valence-corrected chi connectivity index (χ4v) is 4.86. The molecule has 0 saturated heterocycles. The van der Waals surface area contributed by atoms with Crippen LogP contribution in [0.5, 0.6) is 0 Å². The maximum atomic E-state index is 6.81.